The molecule has 0 N–H and O–H groups in total. The Morgan fingerprint density at radius 1 is 1.12 bits per heavy atom. The summed E-state index contributed by atoms with van der Waals surface area (Å²) in [5.41, 5.74) is 0. The first-order valence-electron chi connectivity index (χ1n) is 8.21. The summed E-state index contributed by atoms with van der Waals surface area (Å²) in [7, 11) is 0. The molecule has 1 aliphatic heterocycles. The van der Waals surface area contributed by atoms with Crippen LogP contribution in [0.1, 0.15) is 51.9 Å². The molecule has 0 aromatic heterocycles. The number of imide groups is 1. The van der Waals surface area contributed by atoms with Crippen LogP contribution in [0.3, 0.4) is 0 Å². The summed E-state index contributed by atoms with van der Waals surface area (Å²) in [5, 5.41) is 0. The van der Waals surface area contributed by atoms with Gasteiger partial charge >= 0.3 is 0 Å². The number of fused-ring (bicyclic) bond motifs is 1. The van der Waals surface area contributed by atoms with E-state index in [-0.39, 0.29) is 50.6 Å². The molecule has 2 aliphatic rings. The number of carbonyl (C=O) groups is 2. The zero-order valence-electron chi connectivity index (χ0n) is 14.8. The van der Waals surface area contributed by atoms with Gasteiger partial charge < -0.3 is 0 Å². The van der Waals surface area contributed by atoms with Crippen LogP contribution in [0.4, 0.5) is 0 Å². The molecule has 0 radical (unpaired) electrons. The molecule has 0 saturated carbocycles. The number of carbonyl (C=O) groups excluding carboxylic acids is 2. The summed E-state index contributed by atoms with van der Waals surface area (Å²) in [5.74, 6) is -1.07. The quantitative estimate of drug-likeness (QED) is 0.147. The lowest BCUT2D eigenvalue weighted by atomic mass is 9.85. The van der Waals surface area contributed by atoms with E-state index in [2.05, 4.69) is 13.5 Å². The Kier molecular flexibility index (Phi) is 16.1. The molecule has 152 valence electrons. The van der Waals surface area contributed by atoms with Gasteiger partial charge in [-0.05, 0) is 25.7 Å². The Morgan fingerprint density at radius 2 is 1.62 bits per heavy atom. The Labute approximate surface area is 190 Å². The summed E-state index contributed by atoms with van der Waals surface area (Å²) in [6, 6.07) is 0. The average Bonchev–Trinajstić information content (AvgIpc) is 2.77. The van der Waals surface area contributed by atoms with Crippen molar-refractivity contribution < 1.29 is 9.59 Å². The fourth-order valence-electron chi connectivity index (χ4n) is 2.68. The molecule has 2 amide bonds. The minimum Gasteiger partial charge on any atom is -0.273 e. The number of alkyl halides is 3. The first kappa shape index (κ1) is 28.7. The van der Waals surface area contributed by atoms with Crippen molar-refractivity contribution in [1.82, 2.24) is 4.31 Å². The van der Waals surface area contributed by atoms with Crippen molar-refractivity contribution in [2.24, 2.45) is 11.8 Å². The molecule has 2 atom stereocenters. The second kappa shape index (κ2) is 14.5. The highest BCUT2D eigenvalue weighted by Crippen LogP contribution is 2.46. The van der Waals surface area contributed by atoms with Crippen LogP contribution in [0.15, 0.2) is 24.8 Å². The van der Waals surface area contributed by atoms with Crippen LogP contribution in [0.5, 0.6) is 0 Å². The summed E-state index contributed by atoms with van der Waals surface area (Å²) in [6.45, 7) is 5.89. The van der Waals surface area contributed by atoms with Gasteiger partial charge in [0, 0.05) is 11.9 Å². The van der Waals surface area contributed by atoms with Crippen molar-refractivity contribution in [3.63, 3.8) is 0 Å². The maximum atomic E-state index is 11.9. The molecule has 1 aliphatic carbocycles. The van der Waals surface area contributed by atoms with Crippen molar-refractivity contribution in [2.75, 3.05) is 0 Å². The molecule has 1 heterocycles. The fourth-order valence-corrected chi connectivity index (χ4v) is 3.96. The lowest BCUT2D eigenvalue weighted by Crippen LogP contribution is -2.26. The normalized spacial score (nSPS) is 21.2. The zero-order chi connectivity index (χ0) is 18.2. The summed E-state index contributed by atoms with van der Waals surface area (Å²) >= 11 is 17.4. The maximum absolute atomic E-state index is 11.9. The Hall–Kier alpha value is 0.540. The molecule has 1 saturated heterocycles. The van der Waals surface area contributed by atoms with E-state index in [0.717, 1.165) is 4.31 Å². The number of rotatable bonds is 6. The first-order chi connectivity index (χ1) is 11.3. The van der Waals surface area contributed by atoms with Gasteiger partial charge in [-0.1, -0.05) is 79.2 Å². The fraction of sp³-hybridized carbons (Fsp3) is 0.647. The number of halogens is 3. The van der Waals surface area contributed by atoms with Crippen LogP contribution in [-0.4, -0.2) is 19.2 Å². The SMILES string of the molecule is C=CCCCCCC.O=C1C2CC=CCC2C(=O)N1SC(Cl)(Cl)Cl.S.S. The van der Waals surface area contributed by atoms with Gasteiger partial charge in [-0.25, -0.2) is 4.31 Å². The zero-order valence-corrected chi connectivity index (χ0v) is 19.9. The molecule has 0 bridgehead atoms. The molecule has 1 fully saturated rings. The van der Waals surface area contributed by atoms with Gasteiger partial charge in [0.2, 0.25) is 11.8 Å². The maximum Gasteiger partial charge on any atom is 0.256 e. The third-order valence-electron chi connectivity index (χ3n) is 3.92. The largest absolute Gasteiger partial charge is 0.273 e. The molecule has 0 aromatic rings. The number of hydrogen-bond acceptors (Lipinski definition) is 3. The van der Waals surface area contributed by atoms with Crippen molar-refractivity contribution in [2.45, 2.75) is 55.0 Å². The van der Waals surface area contributed by atoms with Gasteiger partial charge in [-0.3, -0.25) is 9.59 Å². The Morgan fingerprint density at radius 3 is 2.00 bits per heavy atom. The van der Waals surface area contributed by atoms with Crippen LogP contribution in [0.2, 0.25) is 0 Å². The van der Waals surface area contributed by atoms with Gasteiger partial charge in [-0.15, -0.1) is 6.58 Å². The second-order valence-electron chi connectivity index (χ2n) is 5.80. The van der Waals surface area contributed by atoms with E-state index in [0.29, 0.717) is 24.8 Å². The number of hydrogen-bond donors (Lipinski definition) is 0. The van der Waals surface area contributed by atoms with E-state index in [1.807, 2.05) is 18.2 Å². The van der Waals surface area contributed by atoms with Crippen LogP contribution in [0, 0.1) is 11.8 Å². The summed E-state index contributed by atoms with van der Waals surface area (Å²) in [4.78, 5) is 23.8. The second-order valence-corrected chi connectivity index (χ2v) is 9.92. The van der Waals surface area contributed by atoms with Gasteiger partial charge in [-0.2, -0.15) is 27.0 Å². The van der Waals surface area contributed by atoms with Crippen molar-refractivity contribution in [1.29, 1.82) is 0 Å². The molecule has 0 aromatic carbocycles. The van der Waals surface area contributed by atoms with Crippen molar-refractivity contribution >= 4 is 85.6 Å². The molecule has 2 unspecified atom stereocenters. The molecular formula is C17H28Cl3NO2S3. The first-order valence-corrected chi connectivity index (χ1v) is 10.1. The van der Waals surface area contributed by atoms with E-state index in [1.54, 1.807) is 0 Å². The minimum absolute atomic E-state index is 0. The highest BCUT2D eigenvalue weighted by Gasteiger charge is 2.49. The Bertz CT molecular complexity index is 458. The van der Waals surface area contributed by atoms with Gasteiger partial charge in [0.15, 0.2) is 0 Å². The monoisotopic (exact) mass is 479 g/mol. The molecule has 0 spiro atoms. The van der Waals surface area contributed by atoms with E-state index in [9.17, 15) is 9.59 Å². The van der Waals surface area contributed by atoms with Crippen LogP contribution >= 0.6 is 73.7 Å². The predicted molar refractivity (Wildman–Crippen MR) is 125 cm³/mol. The lowest BCUT2D eigenvalue weighted by molar-refractivity contribution is -0.133. The van der Waals surface area contributed by atoms with Gasteiger partial charge in [0.25, 0.3) is 3.12 Å². The standard InChI is InChI=1S/C9H8Cl3NO2S.C8H16.2H2S/c10-9(11,12)16-13-7(14)5-3-1-2-4-6(5)8(13)15;1-3-5-7-8-6-4-2;;/h1-2,5-6H,3-4H2;3H,1,4-8H2,2H3;2*1H2. The molecule has 2 rings (SSSR count). The molecule has 3 nitrogen and oxygen atoms in total. The number of unbranched alkanes of at least 4 members (excludes halogenated alkanes) is 4. The van der Waals surface area contributed by atoms with Gasteiger partial charge in [0.1, 0.15) is 0 Å². The summed E-state index contributed by atoms with van der Waals surface area (Å²) < 4.78 is -0.693. The number of allylic oxidation sites excluding steroid dienone is 3. The Balaban J connectivity index is 0. The van der Waals surface area contributed by atoms with E-state index >= 15 is 0 Å². The van der Waals surface area contributed by atoms with E-state index in [1.165, 1.54) is 32.1 Å². The summed E-state index contributed by atoms with van der Waals surface area (Å²) in [6.07, 6.45) is 13.6. The third kappa shape index (κ3) is 9.65. The molecular weight excluding hydrogens is 453 g/mol. The average molecular weight is 481 g/mol. The number of nitrogens with zero attached hydrogens (tertiary/aromatic N) is 1. The lowest BCUT2D eigenvalue weighted by Gasteiger charge is -2.17. The van der Waals surface area contributed by atoms with E-state index in [4.69, 9.17) is 34.8 Å². The topological polar surface area (TPSA) is 37.4 Å². The minimum atomic E-state index is -1.69. The smallest absolute Gasteiger partial charge is 0.256 e. The predicted octanol–water partition coefficient (Wildman–Crippen LogP) is 6.28. The molecule has 26 heavy (non-hydrogen) atoms. The van der Waals surface area contributed by atoms with Gasteiger partial charge in [0.05, 0.1) is 11.8 Å². The van der Waals surface area contributed by atoms with Crippen LogP contribution < -0.4 is 0 Å². The van der Waals surface area contributed by atoms with Crippen LogP contribution in [0.25, 0.3) is 0 Å². The third-order valence-corrected chi connectivity index (χ3v) is 5.29. The van der Waals surface area contributed by atoms with Crippen molar-refractivity contribution in [3.8, 4) is 0 Å². The highest BCUT2D eigenvalue weighted by atomic mass is 35.6. The van der Waals surface area contributed by atoms with Crippen molar-refractivity contribution in [3.05, 3.63) is 24.8 Å². The van der Waals surface area contributed by atoms with E-state index < -0.39 is 3.12 Å². The number of amides is 2. The molecule has 9 heteroatoms. The van der Waals surface area contributed by atoms with Crippen LogP contribution in [-0.2, 0) is 9.59 Å². The highest BCUT2D eigenvalue weighted by molar-refractivity contribution is 8.03.